The lowest BCUT2D eigenvalue weighted by atomic mass is 10.1. The van der Waals surface area contributed by atoms with Gasteiger partial charge in [-0.1, -0.05) is 30.3 Å². The summed E-state index contributed by atoms with van der Waals surface area (Å²) in [5.41, 5.74) is 0.713. The molecule has 128 valence electrons. The third-order valence-corrected chi connectivity index (χ3v) is 3.80. The monoisotopic (exact) mass is 337 g/mol. The van der Waals surface area contributed by atoms with Gasteiger partial charge < -0.3 is 10.6 Å². The number of alkyl halides is 3. The Bertz CT molecular complexity index is 669. The van der Waals surface area contributed by atoms with Crippen LogP contribution < -0.4 is 10.6 Å². The normalized spacial score (nSPS) is 14.0. The summed E-state index contributed by atoms with van der Waals surface area (Å²) in [5, 5.41) is 4.55. The maximum absolute atomic E-state index is 12.5. The molecule has 2 rings (SSSR count). The van der Waals surface area contributed by atoms with Crippen LogP contribution in [0.15, 0.2) is 54.6 Å². The molecule has 2 aromatic rings. The van der Waals surface area contributed by atoms with Crippen LogP contribution in [0.25, 0.3) is 0 Å². The topological polar surface area (TPSA) is 45.7 Å². The van der Waals surface area contributed by atoms with E-state index in [1.807, 2.05) is 42.6 Å². The van der Waals surface area contributed by atoms with Gasteiger partial charge in [-0.05, 0) is 38.1 Å². The number of carbonyl (C=O) groups excluding carboxylic acids is 1. The summed E-state index contributed by atoms with van der Waals surface area (Å²) in [4.78, 5) is 12.2. The fraction of sp³-hybridized carbons (Fsp3) is 0.278. The Balaban J connectivity index is 1.94. The van der Waals surface area contributed by atoms with Crippen molar-refractivity contribution in [2.24, 2.45) is 0 Å². The average molecular weight is 337 g/mol. The first-order chi connectivity index (χ1) is 11.3. The van der Waals surface area contributed by atoms with Crippen molar-refractivity contribution in [1.82, 2.24) is 0 Å². The molecule has 0 saturated carbocycles. The van der Waals surface area contributed by atoms with Gasteiger partial charge in [-0.2, -0.15) is 13.2 Å². The first kappa shape index (κ1) is 18.0. The Morgan fingerprint density at radius 1 is 1.00 bits per heavy atom. The molecule has 0 fully saturated rings. The highest BCUT2D eigenvalue weighted by molar-refractivity contribution is 5.93. The molecule has 2 aromatic carbocycles. The van der Waals surface area contributed by atoms with E-state index in [1.54, 1.807) is 6.92 Å². The van der Waals surface area contributed by atoms with Gasteiger partial charge in [0.1, 0.15) is 6.04 Å². The van der Waals surface area contributed by atoms with Crippen molar-refractivity contribution in [2.45, 2.75) is 32.1 Å². The molecule has 6 heteroatoms. The van der Waals surface area contributed by atoms with Crippen LogP contribution in [0.1, 0.15) is 31.0 Å². The van der Waals surface area contributed by atoms with E-state index >= 15 is 0 Å². The molecule has 0 radical (unpaired) electrons. The van der Waals surface area contributed by atoms with Gasteiger partial charge in [0.25, 0.3) is 5.91 Å². The van der Waals surface area contributed by atoms with Crippen LogP contribution in [0.2, 0.25) is 0 Å². The zero-order valence-electron chi connectivity index (χ0n) is 13.5. The van der Waals surface area contributed by atoms with Crippen LogP contribution in [0, 0.1) is 0 Å². The largest absolute Gasteiger partial charge is 0.416 e. The summed E-state index contributed by atoms with van der Waals surface area (Å²) in [6.07, 6.45) is -4.38. The number of carbonyl (C=O) groups is 1. The summed E-state index contributed by atoms with van der Waals surface area (Å²) >= 11 is 0. The van der Waals surface area contributed by atoms with E-state index in [0.29, 0.717) is 5.69 Å². The van der Waals surface area contributed by atoms with Gasteiger partial charge in [0.05, 0.1) is 5.56 Å². The summed E-state index contributed by atoms with van der Waals surface area (Å²) in [5.74, 6) is -0.252. The Kier molecular flexibility index (Phi) is 5.62. The number of anilines is 1. The molecule has 0 aromatic heterocycles. The average Bonchev–Trinajstić information content (AvgIpc) is 2.55. The Morgan fingerprint density at radius 3 is 2.12 bits per heavy atom. The number of hydrogen-bond acceptors (Lipinski definition) is 1. The first-order valence-electron chi connectivity index (χ1n) is 7.65. The lowest BCUT2D eigenvalue weighted by Crippen LogP contribution is -2.91. The molecular weight excluding hydrogens is 317 g/mol. The van der Waals surface area contributed by atoms with Crippen molar-refractivity contribution < 1.29 is 23.3 Å². The number of amides is 1. The smallest absolute Gasteiger partial charge is 0.330 e. The zero-order chi connectivity index (χ0) is 17.7. The molecule has 0 saturated heterocycles. The summed E-state index contributed by atoms with van der Waals surface area (Å²) in [6, 6.07) is 13.9. The number of nitrogens with two attached hydrogens (primary N) is 1. The molecule has 2 atom stereocenters. The molecule has 0 aliphatic rings. The first-order valence-corrected chi connectivity index (χ1v) is 7.65. The van der Waals surface area contributed by atoms with Crippen molar-refractivity contribution >= 4 is 11.6 Å². The zero-order valence-corrected chi connectivity index (χ0v) is 13.5. The minimum Gasteiger partial charge on any atom is -0.330 e. The third-order valence-electron chi connectivity index (χ3n) is 3.80. The van der Waals surface area contributed by atoms with Crippen LogP contribution >= 0.6 is 0 Å². The van der Waals surface area contributed by atoms with Gasteiger partial charge >= 0.3 is 6.18 Å². The minimum atomic E-state index is -4.38. The quantitative estimate of drug-likeness (QED) is 0.863. The third kappa shape index (κ3) is 4.83. The maximum Gasteiger partial charge on any atom is 0.416 e. The molecule has 0 unspecified atom stereocenters. The fourth-order valence-electron chi connectivity index (χ4n) is 2.39. The van der Waals surface area contributed by atoms with Crippen LogP contribution in [0.3, 0.4) is 0 Å². The van der Waals surface area contributed by atoms with Gasteiger partial charge in [0, 0.05) is 11.3 Å². The number of benzene rings is 2. The van der Waals surface area contributed by atoms with E-state index in [2.05, 4.69) is 5.32 Å². The Labute approximate surface area is 138 Å². The summed E-state index contributed by atoms with van der Waals surface area (Å²) in [6.45, 7) is 3.76. The van der Waals surface area contributed by atoms with Crippen molar-refractivity contribution in [3.8, 4) is 0 Å². The molecule has 0 aliphatic carbocycles. The van der Waals surface area contributed by atoms with Crippen LogP contribution in [0.4, 0.5) is 18.9 Å². The van der Waals surface area contributed by atoms with Gasteiger partial charge in [-0.25, -0.2) is 0 Å². The number of rotatable bonds is 5. The van der Waals surface area contributed by atoms with Gasteiger partial charge in [0.2, 0.25) is 0 Å². The van der Waals surface area contributed by atoms with E-state index in [0.717, 1.165) is 17.7 Å². The maximum atomic E-state index is 12.5. The number of quaternary nitrogens is 1. The Hall–Kier alpha value is -2.34. The number of hydrogen-bond donors (Lipinski definition) is 2. The lowest BCUT2D eigenvalue weighted by molar-refractivity contribution is -0.709. The standard InChI is InChI=1S/C18H19F3N2O/c1-12(14-6-4-3-5-7-14)22-13(2)17(24)23-16-10-8-15(9-11-16)18(19,20)21/h3-13,22H,1-2H3,(H,23,24)/p+1/t12-,13-/m1/s1. The van der Waals surface area contributed by atoms with Crippen molar-refractivity contribution in [1.29, 1.82) is 0 Å². The highest BCUT2D eigenvalue weighted by atomic mass is 19.4. The van der Waals surface area contributed by atoms with E-state index in [4.69, 9.17) is 0 Å². The highest BCUT2D eigenvalue weighted by Gasteiger charge is 2.30. The molecule has 24 heavy (non-hydrogen) atoms. The van der Waals surface area contributed by atoms with E-state index in [1.165, 1.54) is 12.1 Å². The molecule has 3 nitrogen and oxygen atoms in total. The molecule has 0 aliphatic heterocycles. The number of nitrogens with one attached hydrogen (secondary N) is 1. The highest BCUT2D eigenvalue weighted by Crippen LogP contribution is 2.29. The van der Waals surface area contributed by atoms with Crippen molar-refractivity contribution in [3.05, 3.63) is 65.7 Å². The van der Waals surface area contributed by atoms with Gasteiger partial charge in [-0.15, -0.1) is 0 Å². The second-order valence-corrected chi connectivity index (χ2v) is 5.74. The lowest BCUT2D eigenvalue weighted by Gasteiger charge is -2.17. The van der Waals surface area contributed by atoms with Crippen LogP contribution in [0.5, 0.6) is 0 Å². The second-order valence-electron chi connectivity index (χ2n) is 5.74. The van der Waals surface area contributed by atoms with Crippen LogP contribution in [-0.4, -0.2) is 11.9 Å². The second kappa shape index (κ2) is 7.49. The van der Waals surface area contributed by atoms with Gasteiger partial charge in [-0.3, -0.25) is 4.79 Å². The summed E-state index contributed by atoms with van der Waals surface area (Å²) in [7, 11) is 0. The van der Waals surface area contributed by atoms with Crippen LogP contribution in [-0.2, 0) is 11.0 Å². The molecular formula is C18H20F3N2O+. The van der Waals surface area contributed by atoms with Crippen molar-refractivity contribution in [3.63, 3.8) is 0 Å². The predicted octanol–water partition coefficient (Wildman–Crippen LogP) is 3.36. The predicted molar refractivity (Wildman–Crippen MR) is 86.3 cm³/mol. The molecule has 0 bridgehead atoms. The molecule has 3 N–H and O–H groups in total. The SMILES string of the molecule is C[C@@H]([NH2+][C@H](C)c1ccccc1)C(=O)Nc1ccc(C(F)(F)F)cc1. The van der Waals surface area contributed by atoms with E-state index < -0.39 is 11.7 Å². The molecule has 1 amide bonds. The van der Waals surface area contributed by atoms with Gasteiger partial charge in [0.15, 0.2) is 6.04 Å². The minimum absolute atomic E-state index is 0.0968. The molecule has 0 heterocycles. The Morgan fingerprint density at radius 2 is 1.58 bits per heavy atom. The van der Waals surface area contributed by atoms with E-state index in [9.17, 15) is 18.0 Å². The fourth-order valence-corrected chi connectivity index (χ4v) is 2.39. The summed E-state index contributed by atoms with van der Waals surface area (Å²) < 4.78 is 37.6. The molecule has 0 spiro atoms. The van der Waals surface area contributed by atoms with Crippen molar-refractivity contribution in [2.75, 3.05) is 5.32 Å². The van der Waals surface area contributed by atoms with E-state index in [-0.39, 0.29) is 18.0 Å². The number of halogens is 3.